The van der Waals surface area contributed by atoms with Gasteiger partial charge in [-0.2, -0.15) is 0 Å². The molecular weight excluding hydrogens is 240 g/mol. The van der Waals surface area contributed by atoms with Gasteiger partial charge in [-0.1, -0.05) is 17.3 Å². The van der Waals surface area contributed by atoms with Crippen LogP contribution in [0.2, 0.25) is 0 Å². The number of carbonyl (C=O) groups is 1. The van der Waals surface area contributed by atoms with E-state index in [1.54, 1.807) is 6.92 Å². The Bertz CT molecular complexity index is 467. The van der Waals surface area contributed by atoms with E-state index in [2.05, 4.69) is 5.16 Å². The number of nitro benzene ring substituents is 1. The van der Waals surface area contributed by atoms with Crippen LogP contribution >= 0.6 is 0 Å². The molecule has 0 radical (unpaired) electrons. The van der Waals surface area contributed by atoms with Crippen LogP contribution in [0, 0.1) is 10.1 Å². The molecule has 0 saturated carbocycles. The number of ether oxygens (including phenoxy) is 1. The molecule has 0 bridgehead atoms. The Morgan fingerprint density at radius 1 is 1.44 bits per heavy atom. The van der Waals surface area contributed by atoms with Crippen LogP contribution in [0.1, 0.15) is 12.5 Å². The van der Waals surface area contributed by atoms with Gasteiger partial charge in [0.05, 0.1) is 11.5 Å². The molecular formula is C11H12N2O5. The quantitative estimate of drug-likeness (QED) is 0.281. The summed E-state index contributed by atoms with van der Waals surface area (Å²) >= 11 is 0. The highest BCUT2D eigenvalue weighted by Gasteiger charge is 2.14. The van der Waals surface area contributed by atoms with Gasteiger partial charge in [0.2, 0.25) is 0 Å². The lowest BCUT2D eigenvalue weighted by Crippen LogP contribution is -2.20. The predicted molar refractivity (Wildman–Crippen MR) is 62.7 cm³/mol. The van der Waals surface area contributed by atoms with Crippen LogP contribution in [0.15, 0.2) is 29.4 Å². The van der Waals surface area contributed by atoms with Gasteiger partial charge in [-0.05, 0) is 12.5 Å². The number of benzene rings is 1. The average Bonchev–Trinajstić information content (AvgIpc) is 2.36. The second kappa shape index (κ2) is 6.33. The number of hydrogen-bond acceptors (Lipinski definition) is 6. The van der Waals surface area contributed by atoms with Gasteiger partial charge in [-0.25, -0.2) is 4.79 Å². The molecule has 1 aromatic rings. The van der Waals surface area contributed by atoms with Crippen molar-refractivity contribution in [2.45, 2.75) is 13.3 Å². The second-order valence-electron chi connectivity index (χ2n) is 3.37. The molecule has 0 aliphatic rings. The lowest BCUT2D eigenvalue weighted by atomic mass is 10.1. The molecule has 0 heterocycles. The molecule has 0 atom stereocenters. The molecule has 7 nitrogen and oxygen atoms in total. The number of oxime groups is 1. The summed E-state index contributed by atoms with van der Waals surface area (Å²) in [6, 6.07) is 5.61. The van der Waals surface area contributed by atoms with Gasteiger partial charge in [0.25, 0.3) is 5.69 Å². The summed E-state index contributed by atoms with van der Waals surface area (Å²) in [7, 11) is 0. The number of nitro groups is 1. The number of nitrogens with zero attached hydrogens (tertiary/aromatic N) is 2. The third-order valence-electron chi connectivity index (χ3n) is 2.15. The van der Waals surface area contributed by atoms with Gasteiger partial charge < -0.3 is 9.94 Å². The van der Waals surface area contributed by atoms with E-state index in [-0.39, 0.29) is 24.4 Å². The number of esters is 1. The largest absolute Gasteiger partial charge is 0.461 e. The topological polar surface area (TPSA) is 102 Å². The molecule has 1 N–H and O–H groups in total. The van der Waals surface area contributed by atoms with Crippen LogP contribution in [0.4, 0.5) is 5.69 Å². The molecule has 0 unspecified atom stereocenters. The average molecular weight is 252 g/mol. The van der Waals surface area contributed by atoms with E-state index in [4.69, 9.17) is 9.94 Å². The number of hydrogen-bond donors (Lipinski definition) is 1. The SMILES string of the molecule is CCOC(=O)/C(Cc1ccc([N+](=O)[O-])cc1)=N\O. The summed E-state index contributed by atoms with van der Waals surface area (Å²) in [5.74, 6) is -0.710. The molecule has 0 aliphatic heterocycles. The van der Waals surface area contributed by atoms with Gasteiger partial charge in [0.15, 0.2) is 5.71 Å². The zero-order valence-corrected chi connectivity index (χ0v) is 9.70. The number of carbonyl (C=O) groups excluding carboxylic acids is 1. The smallest absolute Gasteiger partial charge is 0.356 e. The van der Waals surface area contributed by atoms with Crippen molar-refractivity contribution in [1.82, 2.24) is 0 Å². The van der Waals surface area contributed by atoms with Crippen LogP contribution in [-0.4, -0.2) is 28.4 Å². The van der Waals surface area contributed by atoms with E-state index in [9.17, 15) is 14.9 Å². The maximum Gasteiger partial charge on any atom is 0.356 e. The van der Waals surface area contributed by atoms with Crippen molar-refractivity contribution in [2.75, 3.05) is 6.61 Å². The molecule has 0 saturated heterocycles. The minimum absolute atomic E-state index is 0.0441. The fraction of sp³-hybridized carbons (Fsp3) is 0.273. The van der Waals surface area contributed by atoms with E-state index in [0.29, 0.717) is 5.56 Å². The Hall–Kier alpha value is -2.44. The van der Waals surface area contributed by atoms with Crippen LogP contribution < -0.4 is 0 Å². The van der Waals surface area contributed by atoms with Crippen molar-refractivity contribution in [3.63, 3.8) is 0 Å². The van der Waals surface area contributed by atoms with Gasteiger partial charge in [0.1, 0.15) is 0 Å². The lowest BCUT2D eigenvalue weighted by Gasteiger charge is -2.04. The standard InChI is InChI=1S/C11H12N2O5/c1-2-18-11(14)10(12-15)7-8-3-5-9(6-4-8)13(16)17/h3-6,15H,2,7H2,1H3/b12-10-. The zero-order valence-electron chi connectivity index (χ0n) is 9.70. The molecule has 0 aliphatic carbocycles. The van der Waals surface area contributed by atoms with E-state index >= 15 is 0 Å². The Labute approximate surface area is 103 Å². The fourth-order valence-electron chi connectivity index (χ4n) is 1.29. The second-order valence-corrected chi connectivity index (χ2v) is 3.37. The van der Waals surface area contributed by atoms with Gasteiger partial charge in [0, 0.05) is 18.6 Å². The predicted octanol–water partition coefficient (Wildman–Crippen LogP) is 1.53. The monoisotopic (exact) mass is 252 g/mol. The van der Waals surface area contributed by atoms with E-state index in [1.165, 1.54) is 24.3 Å². The first-order valence-corrected chi connectivity index (χ1v) is 5.19. The van der Waals surface area contributed by atoms with Crippen molar-refractivity contribution < 1.29 is 19.7 Å². The summed E-state index contributed by atoms with van der Waals surface area (Å²) in [4.78, 5) is 21.3. The summed E-state index contributed by atoms with van der Waals surface area (Å²) in [5, 5.41) is 22.0. The maximum atomic E-state index is 11.3. The summed E-state index contributed by atoms with van der Waals surface area (Å²) in [6.45, 7) is 1.82. The highest BCUT2D eigenvalue weighted by atomic mass is 16.6. The molecule has 1 aromatic carbocycles. The maximum absolute atomic E-state index is 11.3. The molecule has 1 rings (SSSR count). The first-order chi connectivity index (χ1) is 8.58. The number of rotatable bonds is 5. The molecule has 0 spiro atoms. The highest BCUT2D eigenvalue weighted by molar-refractivity contribution is 6.36. The van der Waals surface area contributed by atoms with Gasteiger partial charge in [-0.15, -0.1) is 0 Å². The fourth-order valence-corrected chi connectivity index (χ4v) is 1.29. The molecule has 0 aromatic heterocycles. The van der Waals surface area contributed by atoms with Crippen molar-refractivity contribution in [2.24, 2.45) is 5.16 Å². The van der Waals surface area contributed by atoms with Crippen LogP contribution in [0.25, 0.3) is 0 Å². The molecule has 0 fully saturated rings. The third kappa shape index (κ3) is 3.55. The summed E-state index contributed by atoms with van der Waals surface area (Å²) in [6.07, 6.45) is 0.0489. The minimum Gasteiger partial charge on any atom is -0.461 e. The van der Waals surface area contributed by atoms with Crippen molar-refractivity contribution in [1.29, 1.82) is 0 Å². The van der Waals surface area contributed by atoms with Gasteiger partial charge >= 0.3 is 5.97 Å². The van der Waals surface area contributed by atoms with Crippen molar-refractivity contribution in [3.8, 4) is 0 Å². The van der Waals surface area contributed by atoms with Gasteiger partial charge in [-0.3, -0.25) is 10.1 Å². The Morgan fingerprint density at radius 3 is 2.50 bits per heavy atom. The third-order valence-corrected chi connectivity index (χ3v) is 2.15. The van der Waals surface area contributed by atoms with Crippen LogP contribution in [0.3, 0.4) is 0 Å². The molecule has 0 amide bonds. The Balaban J connectivity index is 2.77. The Morgan fingerprint density at radius 2 is 2.06 bits per heavy atom. The van der Waals surface area contributed by atoms with Crippen molar-refractivity contribution >= 4 is 17.4 Å². The molecule has 7 heteroatoms. The van der Waals surface area contributed by atoms with Crippen LogP contribution in [0.5, 0.6) is 0 Å². The molecule has 18 heavy (non-hydrogen) atoms. The lowest BCUT2D eigenvalue weighted by molar-refractivity contribution is -0.384. The van der Waals surface area contributed by atoms with E-state index < -0.39 is 10.9 Å². The van der Waals surface area contributed by atoms with Crippen molar-refractivity contribution in [3.05, 3.63) is 39.9 Å². The highest BCUT2D eigenvalue weighted by Crippen LogP contribution is 2.12. The first-order valence-electron chi connectivity index (χ1n) is 5.19. The zero-order chi connectivity index (χ0) is 13.5. The van der Waals surface area contributed by atoms with Crippen LogP contribution in [-0.2, 0) is 16.0 Å². The number of non-ortho nitro benzene ring substituents is 1. The van der Waals surface area contributed by atoms with E-state index in [1.807, 2.05) is 0 Å². The Kier molecular flexibility index (Phi) is 4.79. The normalized spacial score (nSPS) is 11.1. The summed E-state index contributed by atoms with van der Waals surface area (Å²) in [5.41, 5.74) is 0.421. The molecule has 96 valence electrons. The first kappa shape index (κ1) is 13.6. The minimum atomic E-state index is -0.710. The van der Waals surface area contributed by atoms with E-state index in [0.717, 1.165) is 0 Å². The summed E-state index contributed by atoms with van der Waals surface area (Å²) < 4.78 is 4.69.